The minimum atomic E-state index is 0.719. The van der Waals surface area contributed by atoms with Crippen LogP contribution in [0, 0.1) is 36.0 Å². The van der Waals surface area contributed by atoms with Gasteiger partial charge in [0.15, 0.2) is 0 Å². The molecule has 0 heterocycles. The van der Waals surface area contributed by atoms with Crippen molar-refractivity contribution in [1.29, 1.82) is 0 Å². The third-order valence-corrected chi connectivity index (χ3v) is 3.65. The largest absolute Gasteiger partial charge is 0.120 e. The monoisotopic (exact) mass is 178 g/mol. The maximum Gasteiger partial charge on any atom is 0.0114 e. The molecule has 0 amide bonds. The van der Waals surface area contributed by atoms with Crippen molar-refractivity contribution in [2.75, 3.05) is 0 Å². The number of hydrogen-bond acceptors (Lipinski definition) is 0. The first-order valence-corrected chi connectivity index (χ1v) is 5.64. The van der Waals surface area contributed by atoms with Crippen molar-refractivity contribution in [2.45, 2.75) is 46.5 Å². The molecule has 0 nitrogen and oxygen atoms in total. The molecule has 0 spiro atoms. The molecule has 0 aromatic rings. The maximum atomic E-state index is 5.33. The van der Waals surface area contributed by atoms with Gasteiger partial charge in [-0.05, 0) is 30.1 Å². The van der Waals surface area contributed by atoms with Gasteiger partial charge in [-0.2, -0.15) is 0 Å². The molecule has 4 atom stereocenters. The first-order chi connectivity index (χ1) is 6.20. The first kappa shape index (κ1) is 10.6. The van der Waals surface area contributed by atoms with E-state index in [0.29, 0.717) is 0 Å². The van der Waals surface area contributed by atoms with Crippen molar-refractivity contribution >= 4 is 0 Å². The first-order valence-electron chi connectivity index (χ1n) is 5.64. The topological polar surface area (TPSA) is 0 Å². The average molecular weight is 178 g/mol. The molecule has 0 bridgehead atoms. The zero-order valence-electron chi connectivity index (χ0n) is 9.22. The van der Waals surface area contributed by atoms with Gasteiger partial charge in [0.05, 0.1) is 0 Å². The quantitative estimate of drug-likeness (QED) is 0.563. The molecule has 0 aliphatic heterocycles. The Hall–Kier alpha value is -0.440. The van der Waals surface area contributed by atoms with E-state index in [9.17, 15) is 0 Å². The zero-order chi connectivity index (χ0) is 9.84. The SMILES string of the molecule is C#CCC(C)C(C)C1CC1CCC. The van der Waals surface area contributed by atoms with Crippen molar-refractivity contribution in [3.8, 4) is 12.3 Å². The molecule has 0 aromatic heterocycles. The molecule has 0 heteroatoms. The second kappa shape index (κ2) is 4.70. The average Bonchev–Trinajstić information content (AvgIpc) is 2.84. The lowest BCUT2D eigenvalue weighted by atomic mass is 9.88. The van der Waals surface area contributed by atoms with Crippen LogP contribution in [0.4, 0.5) is 0 Å². The molecule has 0 N–H and O–H groups in total. The van der Waals surface area contributed by atoms with Crippen molar-refractivity contribution in [2.24, 2.45) is 23.7 Å². The summed E-state index contributed by atoms with van der Waals surface area (Å²) in [6, 6.07) is 0. The summed E-state index contributed by atoms with van der Waals surface area (Å²) in [5, 5.41) is 0. The van der Waals surface area contributed by atoms with Crippen LogP contribution in [-0.4, -0.2) is 0 Å². The van der Waals surface area contributed by atoms with Crippen LogP contribution >= 0.6 is 0 Å². The molecule has 1 fully saturated rings. The van der Waals surface area contributed by atoms with E-state index < -0.39 is 0 Å². The van der Waals surface area contributed by atoms with Crippen LogP contribution in [0.3, 0.4) is 0 Å². The molecule has 0 aromatic carbocycles. The fourth-order valence-electron chi connectivity index (χ4n) is 2.41. The molecule has 0 saturated heterocycles. The highest BCUT2D eigenvalue weighted by atomic mass is 14.5. The van der Waals surface area contributed by atoms with Crippen LogP contribution in [0.5, 0.6) is 0 Å². The lowest BCUT2D eigenvalue weighted by molar-refractivity contribution is 0.333. The Morgan fingerprint density at radius 2 is 2.15 bits per heavy atom. The Labute approximate surface area is 83.1 Å². The standard InChI is InChI=1S/C13H22/c1-5-7-10(3)11(4)13-9-12(13)8-6-2/h1,10-13H,6-9H2,2-4H3. The molecule has 74 valence electrons. The molecule has 1 aliphatic rings. The van der Waals surface area contributed by atoms with E-state index >= 15 is 0 Å². The molecule has 0 radical (unpaired) electrons. The van der Waals surface area contributed by atoms with Crippen molar-refractivity contribution in [3.63, 3.8) is 0 Å². The second-order valence-electron chi connectivity index (χ2n) is 4.69. The van der Waals surface area contributed by atoms with Gasteiger partial charge in [-0.1, -0.05) is 33.6 Å². The van der Waals surface area contributed by atoms with Gasteiger partial charge in [0.2, 0.25) is 0 Å². The second-order valence-corrected chi connectivity index (χ2v) is 4.69. The Bertz CT molecular complexity index is 187. The van der Waals surface area contributed by atoms with Crippen LogP contribution in [0.15, 0.2) is 0 Å². The van der Waals surface area contributed by atoms with Gasteiger partial charge in [0.1, 0.15) is 0 Å². The maximum absolute atomic E-state index is 5.33. The van der Waals surface area contributed by atoms with Gasteiger partial charge < -0.3 is 0 Å². The molecule has 1 aliphatic carbocycles. The van der Waals surface area contributed by atoms with Gasteiger partial charge >= 0.3 is 0 Å². The van der Waals surface area contributed by atoms with Crippen LogP contribution in [0.1, 0.15) is 46.5 Å². The van der Waals surface area contributed by atoms with Gasteiger partial charge in [-0.25, -0.2) is 0 Å². The minimum Gasteiger partial charge on any atom is -0.120 e. The molecule has 1 rings (SSSR count). The summed E-state index contributed by atoms with van der Waals surface area (Å²) in [5.41, 5.74) is 0. The van der Waals surface area contributed by atoms with E-state index in [0.717, 1.165) is 30.1 Å². The van der Waals surface area contributed by atoms with Crippen molar-refractivity contribution in [3.05, 3.63) is 0 Å². The summed E-state index contributed by atoms with van der Waals surface area (Å²) >= 11 is 0. The highest BCUT2D eigenvalue weighted by Gasteiger charge is 2.41. The lowest BCUT2D eigenvalue weighted by Gasteiger charge is -2.17. The molecular weight excluding hydrogens is 156 g/mol. The zero-order valence-corrected chi connectivity index (χ0v) is 9.22. The van der Waals surface area contributed by atoms with Gasteiger partial charge in [0.25, 0.3) is 0 Å². The van der Waals surface area contributed by atoms with Crippen LogP contribution in [0.25, 0.3) is 0 Å². The highest BCUT2D eigenvalue weighted by molar-refractivity contribution is 4.94. The number of hydrogen-bond donors (Lipinski definition) is 0. The van der Waals surface area contributed by atoms with E-state index in [1.54, 1.807) is 0 Å². The molecule has 1 saturated carbocycles. The lowest BCUT2D eigenvalue weighted by Crippen LogP contribution is -2.10. The minimum absolute atomic E-state index is 0.719. The van der Waals surface area contributed by atoms with Gasteiger partial charge in [-0.3, -0.25) is 0 Å². The summed E-state index contributed by atoms with van der Waals surface area (Å²) in [5.74, 6) is 6.35. The number of rotatable bonds is 5. The van der Waals surface area contributed by atoms with E-state index in [-0.39, 0.29) is 0 Å². The smallest absolute Gasteiger partial charge is 0.0114 e. The van der Waals surface area contributed by atoms with Crippen LogP contribution < -0.4 is 0 Å². The summed E-state index contributed by atoms with van der Waals surface area (Å²) in [7, 11) is 0. The van der Waals surface area contributed by atoms with Gasteiger partial charge in [0, 0.05) is 6.42 Å². The number of terminal acetylenes is 1. The fourth-order valence-corrected chi connectivity index (χ4v) is 2.41. The predicted octanol–water partition coefficient (Wildman–Crippen LogP) is 3.72. The summed E-state index contributed by atoms with van der Waals surface area (Å²) < 4.78 is 0. The van der Waals surface area contributed by atoms with E-state index in [4.69, 9.17) is 6.42 Å². The van der Waals surface area contributed by atoms with Gasteiger partial charge in [-0.15, -0.1) is 12.3 Å². The molecule has 4 unspecified atom stereocenters. The Kier molecular flexibility index (Phi) is 3.85. The Morgan fingerprint density at radius 3 is 2.69 bits per heavy atom. The normalized spacial score (nSPS) is 30.6. The van der Waals surface area contributed by atoms with Crippen LogP contribution in [-0.2, 0) is 0 Å². The fraction of sp³-hybridized carbons (Fsp3) is 0.846. The Morgan fingerprint density at radius 1 is 1.46 bits per heavy atom. The summed E-state index contributed by atoms with van der Waals surface area (Å²) in [4.78, 5) is 0. The summed E-state index contributed by atoms with van der Waals surface area (Å²) in [6.45, 7) is 6.96. The van der Waals surface area contributed by atoms with Crippen LogP contribution in [0.2, 0.25) is 0 Å². The molecule has 13 heavy (non-hydrogen) atoms. The Balaban J connectivity index is 2.26. The van der Waals surface area contributed by atoms with E-state index in [1.165, 1.54) is 19.3 Å². The van der Waals surface area contributed by atoms with E-state index in [1.807, 2.05) is 0 Å². The summed E-state index contributed by atoms with van der Waals surface area (Å²) in [6.07, 6.45) is 10.5. The molecular formula is C13H22. The third kappa shape index (κ3) is 2.76. The highest BCUT2D eigenvalue weighted by Crippen LogP contribution is 2.49. The predicted molar refractivity (Wildman–Crippen MR) is 58.3 cm³/mol. The third-order valence-electron chi connectivity index (χ3n) is 3.65. The van der Waals surface area contributed by atoms with Crippen molar-refractivity contribution in [1.82, 2.24) is 0 Å². The van der Waals surface area contributed by atoms with E-state index in [2.05, 4.69) is 26.7 Å². The van der Waals surface area contributed by atoms with Crippen molar-refractivity contribution < 1.29 is 0 Å².